The van der Waals surface area contributed by atoms with Crippen LogP contribution in [-0.4, -0.2) is 0 Å². The van der Waals surface area contributed by atoms with Crippen molar-refractivity contribution in [3.63, 3.8) is 0 Å². The molecule has 0 fully saturated rings. The lowest BCUT2D eigenvalue weighted by atomic mass is 9.82. The van der Waals surface area contributed by atoms with E-state index in [9.17, 15) is 0 Å². The quantitative estimate of drug-likeness (QED) is 0.581. The minimum Gasteiger partial charge on any atom is -0.398 e. The van der Waals surface area contributed by atoms with Crippen LogP contribution < -0.4 is 5.73 Å². The van der Waals surface area contributed by atoms with Crippen LogP contribution in [0, 0.1) is 6.92 Å². The van der Waals surface area contributed by atoms with Gasteiger partial charge in [-0.1, -0.05) is 19.1 Å². The van der Waals surface area contributed by atoms with Crippen molar-refractivity contribution in [3.8, 4) is 0 Å². The van der Waals surface area contributed by atoms with E-state index in [0.29, 0.717) is 5.92 Å². The highest BCUT2D eigenvalue weighted by Gasteiger charge is 2.19. The lowest BCUT2D eigenvalue weighted by Gasteiger charge is -2.24. The van der Waals surface area contributed by atoms with Gasteiger partial charge >= 0.3 is 0 Å². The smallest absolute Gasteiger partial charge is 0.0384 e. The van der Waals surface area contributed by atoms with Gasteiger partial charge < -0.3 is 5.73 Å². The summed E-state index contributed by atoms with van der Waals surface area (Å²) >= 11 is 0. The summed E-state index contributed by atoms with van der Waals surface area (Å²) < 4.78 is 0. The van der Waals surface area contributed by atoms with Crippen molar-refractivity contribution in [1.82, 2.24) is 0 Å². The molecule has 1 atom stereocenters. The summed E-state index contributed by atoms with van der Waals surface area (Å²) in [5.74, 6) is 0.652. The number of nitrogens with two attached hydrogens (primary N) is 1. The monoisotopic (exact) mass is 161 g/mol. The van der Waals surface area contributed by atoms with Crippen LogP contribution in [0.2, 0.25) is 0 Å². The van der Waals surface area contributed by atoms with Gasteiger partial charge in [0.15, 0.2) is 0 Å². The Labute approximate surface area is 73.6 Å². The largest absolute Gasteiger partial charge is 0.398 e. The van der Waals surface area contributed by atoms with Gasteiger partial charge in [-0.3, -0.25) is 0 Å². The Morgan fingerprint density at radius 2 is 2.17 bits per heavy atom. The first-order valence-corrected chi connectivity index (χ1v) is 4.58. The van der Waals surface area contributed by atoms with E-state index in [1.807, 2.05) is 0 Å². The normalized spacial score (nSPS) is 21.0. The lowest BCUT2D eigenvalue weighted by Crippen LogP contribution is -2.11. The second-order valence-corrected chi connectivity index (χ2v) is 3.81. The van der Waals surface area contributed by atoms with Crippen molar-refractivity contribution in [2.45, 2.75) is 32.6 Å². The van der Waals surface area contributed by atoms with Crippen molar-refractivity contribution in [1.29, 1.82) is 0 Å². The number of nitrogen functional groups attached to an aromatic ring is 1. The Hall–Kier alpha value is -0.980. The number of hydrogen-bond acceptors (Lipinski definition) is 1. The molecule has 0 saturated heterocycles. The first kappa shape index (κ1) is 7.66. The van der Waals surface area contributed by atoms with Gasteiger partial charge in [-0.25, -0.2) is 0 Å². The van der Waals surface area contributed by atoms with Crippen molar-refractivity contribution in [2.75, 3.05) is 5.73 Å². The molecule has 1 heteroatoms. The number of rotatable bonds is 0. The fourth-order valence-electron chi connectivity index (χ4n) is 2.18. The Kier molecular flexibility index (Phi) is 1.60. The molecule has 0 radical (unpaired) electrons. The summed E-state index contributed by atoms with van der Waals surface area (Å²) in [4.78, 5) is 0. The molecule has 64 valence electrons. The SMILES string of the molecule is Cc1ccc2c(N)c1C(C)CC2. The Balaban J connectivity index is 2.66. The fraction of sp³-hybridized carbons (Fsp3) is 0.455. The molecular formula is C11H15N. The zero-order valence-electron chi connectivity index (χ0n) is 7.72. The molecule has 0 saturated carbocycles. The number of fused-ring (bicyclic) bond motifs is 2. The van der Waals surface area contributed by atoms with E-state index >= 15 is 0 Å². The molecule has 0 amide bonds. The summed E-state index contributed by atoms with van der Waals surface area (Å²) in [6.45, 7) is 4.42. The highest BCUT2D eigenvalue weighted by molar-refractivity contribution is 5.60. The van der Waals surface area contributed by atoms with Crippen LogP contribution in [-0.2, 0) is 6.42 Å². The average Bonchev–Trinajstić information content (AvgIpc) is 2.01. The highest BCUT2D eigenvalue weighted by Crippen LogP contribution is 2.36. The maximum Gasteiger partial charge on any atom is 0.0384 e. The third kappa shape index (κ3) is 0.927. The molecule has 0 aliphatic heterocycles. The number of benzene rings is 1. The van der Waals surface area contributed by atoms with Crippen LogP contribution in [0.3, 0.4) is 0 Å². The maximum absolute atomic E-state index is 6.04. The molecule has 1 nitrogen and oxygen atoms in total. The summed E-state index contributed by atoms with van der Waals surface area (Å²) in [6, 6.07) is 4.36. The molecule has 1 unspecified atom stereocenters. The van der Waals surface area contributed by atoms with E-state index < -0.39 is 0 Å². The van der Waals surface area contributed by atoms with E-state index in [-0.39, 0.29) is 0 Å². The molecule has 0 heterocycles. The molecule has 2 bridgehead atoms. The fourth-order valence-corrected chi connectivity index (χ4v) is 2.18. The number of anilines is 1. The maximum atomic E-state index is 6.04. The van der Waals surface area contributed by atoms with Crippen LogP contribution in [0.25, 0.3) is 0 Å². The van der Waals surface area contributed by atoms with E-state index in [1.165, 1.54) is 23.1 Å². The van der Waals surface area contributed by atoms with Crippen molar-refractivity contribution >= 4 is 5.69 Å². The first-order chi connectivity index (χ1) is 5.70. The second kappa shape index (κ2) is 2.51. The standard InChI is InChI=1S/C11H15N/c1-7-3-5-9-6-4-8(2)10(7)11(9)12/h3,5,8H,4,6,12H2,1-2H3. The van der Waals surface area contributed by atoms with Gasteiger partial charge in [-0.05, 0) is 42.4 Å². The Bertz CT molecular complexity index is 315. The summed E-state index contributed by atoms with van der Waals surface area (Å²) in [6.07, 6.45) is 2.41. The van der Waals surface area contributed by atoms with Gasteiger partial charge in [-0.2, -0.15) is 0 Å². The molecule has 0 aromatic heterocycles. The van der Waals surface area contributed by atoms with Crippen molar-refractivity contribution in [2.24, 2.45) is 0 Å². The zero-order valence-corrected chi connectivity index (χ0v) is 7.72. The van der Waals surface area contributed by atoms with Crippen LogP contribution in [0.4, 0.5) is 5.69 Å². The lowest BCUT2D eigenvalue weighted by molar-refractivity contribution is 0.656. The molecule has 1 aliphatic carbocycles. The van der Waals surface area contributed by atoms with Crippen LogP contribution in [0.15, 0.2) is 12.1 Å². The summed E-state index contributed by atoms with van der Waals surface area (Å²) in [5, 5.41) is 0. The van der Waals surface area contributed by atoms with Gasteiger partial charge in [0, 0.05) is 5.69 Å². The molecule has 2 N–H and O–H groups in total. The predicted molar refractivity (Wildman–Crippen MR) is 52.3 cm³/mol. The third-order valence-electron chi connectivity index (χ3n) is 2.93. The van der Waals surface area contributed by atoms with Crippen LogP contribution in [0.1, 0.15) is 36.0 Å². The van der Waals surface area contributed by atoms with Gasteiger partial charge in [0.1, 0.15) is 0 Å². The number of hydrogen-bond donors (Lipinski definition) is 1. The molecule has 1 aromatic carbocycles. The highest BCUT2D eigenvalue weighted by atomic mass is 14.6. The Morgan fingerprint density at radius 1 is 1.42 bits per heavy atom. The van der Waals surface area contributed by atoms with Crippen LogP contribution >= 0.6 is 0 Å². The van der Waals surface area contributed by atoms with E-state index in [2.05, 4.69) is 26.0 Å². The van der Waals surface area contributed by atoms with Gasteiger partial charge in [-0.15, -0.1) is 0 Å². The molecule has 1 aromatic rings. The predicted octanol–water partition coefficient (Wildman–Crippen LogP) is 2.63. The average molecular weight is 161 g/mol. The molecule has 12 heavy (non-hydrogen) atoms. The third-order valence-corrected chi connectivity index (χ3v) is 2.93. The zero-order chi connectivity index (χ0) is 8.72. The van der Waals surface area contributed by atoms with E-state index in [4.69, 9.17) is 5.73 Å². The topological polar surface area (TPSA) is 26.0 Å². The van der Waals surface area contributed by atoms with Gasteiger partial charge in [0.2, 0.25) is 0 Å². The number of aryl methyl sites for hydroxylation is 2. The van der Waals surface area contributed by atoms with E-state index in [1.54, 1.807) is 0 Å². The van der Waals surface area contributed by atoms with Gasteiger partial charge in [0.25, 0.3) is 0 Å². The molecule has 1 aliphatic rings. The van der Waals surface area contributed by atoms with Crippen molar-refractivity contribution in [3.05, 3.63) is 28.8 Å². The van der Waals surface area contributed by atoms with E-state index in [0.717, 1.165) is 12.1 Å². The summed E-state index contributed by atoms with van der Waals surface area (Å²) in [7, 11) is 0. The Morgan fingerprint density at radius 3 is 2.83 bits per heavy atom. The summed E-state index contributed by atoms with van der Waals surface area (Å²) in [5.41, 5.74) is 11.2. The molecular weight excluding hydrogens is 146 g/mol. The minimum absolute atomic E-state index is 0.652. The molecule has 0 spiro atoms. The van der Waals surface area contributed by atoms with Crippen molar-refractivity contribution < 1.29 is 0 Å². The molecule has 2 rings (SSSR count). The first-order valence-electron chi connectivity index (χ1n) is 4.58. The minimum atomic E-state index is 0.652. The second-order valence-electron chi connectivity index (χ2n) is 3.81. The van der Waals surface area contributed by atoms with Crippen LogP contribution in [0.5, 0.6) is 0 Å². The van der Waals surface area contributed by atoms with Gasteiger partial charge in [0.05, 0.1) is 0 Å².